The van der Waals surface area contributed by atoms with Crippen molar-refractivity contribution in [2.45, 2.75) is 25.8 Å². The van der Waals surface area contributed by atoms with E-state index in [0.29, 0.717) is 5.02 Å². The summed E-state index contributed by atoms with van der Waals surface area (Å²) in [6.45, 7) is 3.04. The SMILES string of the molecule is CCC(NCCc1nccs1)c1ccc(Cl)cc1Cl. The van der Waals surface area contributed by atoms with Crippen molar-refractivity contribution in [3.8, 4) is 0 Å². The van der Waals surface area contributed by atoms with Gasteiger partial charge >= 0.3 is 0 Å². The molecule has 0 bridgehead atoms. The van der Waals surface area contributed by atoms with Gasteiger partial charge in [-0.15, -0.1) is 11.3 Å². The van der Waals surface area contributed by atoms with Crippen molar-refractivity contribution in [1.29, 1.82) is 0 Å². The van der Waals surface area contributed by atoms with Crippen LogP contribution in [0.15, 0.2) is 29.8 Å². The summed E-state index contributed by atoms with van der Waals surface area (Å²) in [6, 6.07) is 5.93. The molecule has 5 heteroatoms. The molecule has 0 radical (unpaired) electrons. The number of hydrogen-bond acceptors (Lipinski definition) is 3. The highest BCUT2D eigenvalue weighted by Crippen LogP contribution is 2.27. The summed E-state index contributed by atoms with van der Waals surface area (Å²) < 4.78 is 0. The fourth-order valence-electron chi connectivity index (χ4n) is 1.99. The van der Waals surface area contributed by atoms with Gasteiger partial charge in [0.15, 0.2) is 0 Å². The Bertz CT molecular complexity index is 514. The standard InChI is InChI=1S/C14H16Cl2N2S/c1-2-13(11-4-3-10(15)9-12(11)16)17-6-5-14-18-7-8-19-14/h3-4,7-9,13,17H,2,5-6H2,1H3. The van der Waals surface area contributed by atoms with Gasteiger partial charge in [-0.3, -0.25) is 0 Å². The highest BCUT2D eigenvalue weighted by atomic mass is 35.5. The van der Waals surface area contributed by atoms with Crippen molar-refractivity contribution in [3.63, 3.8) is 0 Å². The first-order valence-corrected chi connectivity index (χ1v) is 7.91. The van der Waals surface area contributed by atoms with Crippen LogP contribution in [0.2, 0.25) is 10.0 Å². The highest BCUT2D eigenvalue weighted by Gasteiger charge is 2.12. The Labute approximate surface area is 127 Å². The van der Waals surface area contributed by atoms with Crippen LogP contribution in [0.1, 0.15) is 30.0 Å². The van der Waals surface area contributed by atoms with Gasteiger partial charge in [0.05, 0.1) is 5.01 Å². The van der Waals surface area contributed by atoms with E-state index in [9.17, 15) is 0 Å². The number of hydrogen-bond donors (Lipinski definition) is 1. The average molecular weight is 315 g/mol. The summed E-state index contributed by atoms with van der Waals surface area (Å²) in [5.74, 6) is 0. The van der Waals surface area contributed by atoms with E-state index >= 15 is 0 Å². The van der Waals surface area contributed by atoms with Crippen molar-refractivity contribution < 1.29 is 0 Å². The normalized spacial score (nSPS) is 12.6. The van der Waals surface area contributed by atoms with Crippen molar-refractivity contribution >= 4 is 34.5 Å². The molecule has 0 saturated carbocycles. The summed E-state index contributed by atoms with van der Waals surface area (Å²) in [7, 11) is 0. The van der Waals surface area contributed by atoms with Crippen LogP contribution in [0, 0.1) is 0 Å². The van der Waals surface area contributed by atoms with Gasteiger partial charge < -0.3 is 5.32 Å². The van der Waals surface area contributed by atoms with E-state index in [2.05, 4.69) is 17.2 Å². The monoisotopic (exact) mass is 314 g/mol. The maximum atomic E-state index is 6.25. The first kappa shape index (κ1) is 14.8. The van der Waals surface area contributed by atoms with Crippen LogP contribution >= 0.6 is 34.5 Å². The van der Waals surface area contributed by atoms with E-state index < -0.39 is 0 Å². The van der Waals surface area contributed by atoms with Crippen LogP contribution in [0.25, 0.3) is 0 Å². The van der Waals surface area contributed by atoms with Crippen LogP contribution in [-0.2, 0) is 6.42 Å². The minimum Gasteiger partial charge on any atom is -0.309 e. The molecule has 1 heterocycles. The molecular formula is C14H16Cl2N2S. The maximum Gasteiger partial charge on any atom is 0.0937 e. The molecule has 0 spiro atoms. The van der Waals surface area contributed by atoms with E-state index in [0.717, 1.165) is 35.0 Å². The van der Waals surface area contributed by atoms with Crippen molar-refractivity contribution in [1.82, 2.24) is 10.3 Å². The maximum absolute atomic E-state index is 6.25. The molecule has 1 atom stereocenters. The molecule has 1 aromatic heterocycles. The van der Waals surface area contributed by atoms with E-state index in [4.69, 9.17) is 23.2 Å². The van der Waals surface area contributed by atoms with Gasteiger partial charge in [-0.25, -0.2) is 4.98 Å². The molecule has 2 nitrogen and oxygen atoms in total. The van der Waals surface area contributed by atoms with Gasteiger partial charge in [-0.1, -0.05) is 36.2 Å². The van der Waals surface area contributed by atoms with Gasteiger partial charge in [0.1, 0.15) is 0 Å². The van der Waals surface area contributed by atoms with Gasteiger partial charge in [-0.2, -0.15) is 0 Å². The van der Waals surface area contributed by atoms with E-state index in [1.165, 1.54) is 0 Å². The number of halogens is 2. The number of nitrogens with zero attached hydrogens (tertiary/aromatic N) is 1. The Hall–Kier alpha value is -0.610. The van der Waals surface area contributed by atoms with E-state index in [-0.39, 0.29) is 6.04 Å². The van der Waals surface area contributed by atoms with Gasteiger partial charge in [0, 0.05) is 40.6 Å². The second-order valence-corrected chi connectivity index (χ2v) is 6.08. The first-order valence-electron chi connectivity index (χ1n) is 6.27. The molecule has 0 saturated heterocycles. The summed E-state index contributed by atoms with van der Waals surface area (Å²) in [6.07, 6.45) is 3.77. The fourth-order valence-corrected chi connectivity index (χ4v) is 3.15. The smallest absolute Gasteiger partial charge is 0.0937 e. The zero-order chi connectivity index (χ0) is 13.7. The predicted octanol–water partition coefficient (Wildman–Crippen LogP) is 4.73. The molecule has 1 aromatic carbocycles. The molecule has 1 unspecified atom stereocenters. The molecule has 0 aliphatic rings. The summed E-state index contributed by atoms with van der Waals surface area (Å²) in [5.41, 5.74) is 1.10. The Kier molecular flexibility index (Phi) is 5.64. The third-order valence-electron chi connectivity index (χ3n) is 2.96. The minimum atomic E-state index is 0.254. The van der Waals surface area contributed by atoms with Crippen molar-refractivity contribution in [3.05, 3.63) is 50.4 Å². The minimum absolute atomic E-state index is 0.254. The van der Waals surface area contributed by atoms with Gasteiger partial charge in [0.2, 0.25) is 0 Å². The molecule has 2 aromatic rings. The highest BCUT2D eigenvalue weighted by molar-refractivity contribution is 7.09. The molecule has 0 amide bonds. The van der Waals surface area contributed by atoms with Crippen LogP contribution in [0.5, 0.6) is 0 Å². The van der Waals surface area contributed by atoms with Crippen molar-refractivity contribution in [2.75, 3.05) is 6.54 Å². The molecule has 0 aliphatic carbocycles. The Morgan fingerprint density at radius 1 is 1.37 bits per heavy atom. The Balaban J connectivity index is 1.95. The largest absolute Gasteiger partial charge is 0.309 e. The van der Waals surface area contributed by atoms with Gasteiger partial charge in [0.25, 0.3) is 0 Å². The topological polar surface area (TPSA) is 24.9 Å². The molecule has 2 rings (SSSR count). The zero-order valence-electron chi connectivity index (χ0n) is 10.7. The third kappa shape index (κ3) is 4.18. The van der Waals surface area contributed by atoms with E-state index in [1.54, 1.807) is 17.4 Å². The molecule has 1 N–H and O–H groups in total. The summed E-state index contributed by atoms with van der Waals surface area (Å²) >= 11 is 13.9. The predicted molar refractivity (Wildman–Crippen MR) is 83.3 cm³/mol. The molecule has 0 aliphatic heterocycles. The van der Waals surface area contributed by atoms with E-state index in [1.807, 2.05) is 23.7 Å². The van der Waals surface area contributed by atoms with Crippen LogP contribution in [0.4, 0.5) is 0 Å². The number of nitrogens with one attached hydrogen (secondary N) is 1. The fraction of sp³-hybridized carbons (Fsp3) is 0.357. The number of aromatic nitrogens is 1. The lowest BCUT2D eigenvalue weighted by Gasteiger charge is -2.18. The van der Waals surface area contributed by atoms with Crippen molar-refractivity contribution in [2.24, 2.45) is 0 Å². The lowest BCUT2D eigenvalue weighted by atomic mass is 10.0. The average Bonchev–Trinajstić information content (AvgIpc) is 2.89. The second-order valence-electron chi connectivity index (χ2n) is 4.26. The molecule has 102 valence electrons. The lowest BCUT2D eigenvalue weighted by Crippen LogP contribution is -2.23. The Morgan fingerprint density at radius 3 is 2.84 bits per heavy atom. The van der Waals surface area contributed by atoms with Gasteiger partial charge in [-0.05, 0) is 24.1 Å². The quantitative estimate of drug-likeness (QED) is 0.833. The zero-order valence-corrected chi connectivity index (χ0v) is 13.0. The molecular weight excluding hydrogens is 299 g/mol. The lowest BCUT2D eigenvalue weighted by molar-refractivity contribution is 0.522. The second kappa shape index (κ2) is 7.25. The molecule has 0 fully saturated rings. The first-order chi connectivity index (χ1) is 9.20. The summed E-state index contributed by atoms with van der Waals surface area (Å²) in [5, 5.41) is 8.08. The summed E-state index contributed by atoms with van der Waals surface area (Å²) in [4.78, 5) is 4.28. The number of benzene rings is 1. The molecule has 19 heavy (non-hydrogen) atoms. The van der Waals surface area contributed by atoms with Crippen LogP contribution in [-0.4, -0.2) is 11.5 Å². The number of rotatable bonds is 6. The van der Waals surface area contributed by atoms with Crippen LogP contribution < -0.4 is 5.32 Å². The Morgan fingerprint density at radius 2 is 2.21 bits per heavy atom. The third-order valence-corrected chi connectivity index (χ3v) is 4.36. The number of thiazole rings is 1. The van der Waals surface area contributed by atoms with Crippen LogP contribution in [0.3, 0.4) is 0 Å².